The summed E-state index contributed by atoms with van der Waals surface area (Å²) in [7, 11) is 0. The molecule has 0 spiro atoms. The van der Waals surface area contributed by atoms with Crippen molar-refractivity contribution in [1.82, 2.24) is 0 Å². The third-order valence-electron chi connectivity index (χ3n) is 5.79. The van der Waals surface area contributed by atoms with Crippen LogP contribution in [0.2, 0.25) is 0 Å². The number of ether oxygens (including phenoxy) is 1. The van der Waals surface area contributed by atoms with E-state index in [9.17, 15) is 0 Å². The topological polar surface area (TPSA) is 22.4 Å². The first kappa shape index (κ1) is 15.4. The van der Waals surface area contributed by atoms with E-state index in [1.807, 2.05) is 37.3 Å². The fourth-order valence-corrected chi connectivity index (χ4v) is 4.61. The first-order chi connectivity index (χ1) is 13.8. The Morgan fingerprint density at radius 1 is 1.00 bits per heavy atom. The molecule has 0 N–H and O–H groups in total. The van der Waals surface area contributed by atoms with Gasteiger partial charge in [0, 0.05) is 5.39 Å². The van der Waals surface area contributed by atoms with E-state index in [2.05, 4.69) is 42.3 Å². The van der Waals surface area contributed by atoms with E-state index in [0.29, 0.717) is 0 Å². The van der Waals surface area contributed by atoms with Gasteiger partial charge in [-0.05, 0) is 52.3 Å². The molecule has 130 valence electrons. The van der Waals surface area contributed by atoms with Gasteiger partial charge in [0.2, 0.25) is 0 Å². The van der Waals surface area contributed by atoms with Crippen LogP contribution in [0.25, 0.3) is 27.3 Å². The molecule has 2 aliphatic rings. The molecular weight excluding hydrogens is 343 g/mol. The van der Waals surface area contributed by atoms with Gasteiger partial charge in [0.1, 0.15) is 22.9 Å². The van der Waals surface area contributed by atoms with E-state index in [-0.39, 0.29) is 6.71 Å². The van der Waals surface area contributed by atoms with E-state index in [1.165, 1.54) is 5.39 Å². The maximum Gasteiger partial charge on any atom is 0.258 e. The Bertz CT molecular complexity index is 1410. The minimum absolute atomic E-state index is 0.0178. The summed E-state index contributed by atoms with van der Waals surface area (Å²) in [6.07, 6.45) is 7.95. The molecule has 6 rings (SSSR count). The molecule has 0 atom stereocenters. The molecule has 0 radical (unpaired) electrons. The lowest BCUT2D eigenvalue weighted by molar-refractivity contribution is 0.441. The van der Waals surface area contributed by atoms with Gasteiger partial charge in [-0.25, -0.2) is 0 Å². The molecule has 2 nitrogen and oxygen atoms in total. The minimum Gasteiger partial charge on any atom is -0.459 e. The molecule has 4 aromatic rings. The van der Waals surface area contributed by atoms with Gasteiger partial charge in [0.25, 0.3) is 6.71 Å². The van der Waals surface area contributed by atoms with E-state index < -0.39 is 0 Å². The van der Waals surface area contributed by atoms with Crippen molar-refractivity contribution in [3.05, 3.63) is 83.7 Å². The number of furan rings is 1. The van der Waals surface area contributed by atoms with Crippen molar-refractivity contribution in [2.75, 3.05) is 0 Å². The fraction of sp³-hybridized carbons (Fsp3) is 0.0400. The number of benzene rings is 3. The molecule has 0 fully saturated rings. The zero-order valence-corrected chi connectivity index (χ0v) is 15.3. The maximum atomic E-state index is 6.31. The molecule has 3 aromatic carbocycles. The van der Waals surface area contributed by atoms with E-state index in [1.54, 1.807) is 0 Å². The van der Waals surface area contributed by atoms with Gasteiger partial charge < -0.3 is 9.15 Å². The van der Waals surface area contributed by atoms with Gasteiger partial charge in [-0.1, -0.05) is 54.5 Å². The molecule has 3 heterocycles. The zero-order valence-electron chi connectivity index (χ0n) is 15.3. The third kappa shape index (κ3) is 1.85. The fourth-order valence-electron chi connectivity index (χ4n) is 4.61. The summed E-state index contributed by atoms with van der Waals surface area (Å²) in [6, 6.07) is 20.9. The van der Waals surface area contributed by atoms with Crippen LogP contribution in [0.5, 0.6) is 5.75 Å². The van der Waals surface area contributed by atoms with Crippen molar-refractivity contribution >= 4 is 45.0 Å². The molecule has 0 saturated carbocycles. The average Bonchev–Trinajstić information content (AvgIpc) is 3.26. The first-order valence-corrected chi connectivity index (χ1v) is 9.40. The lowest BCUT2D eigenvalue weighted by atomic mass is 9.36. The highest BCUT2D eigenvalue weighted by Crippen LogP contribution is 2.40. The largest absolute Gasteiger partial charge is 0.459 e. The molecule has 0 aliphatic carbocycles. The summed E-state index contributed by atoms with van der Waals surface area (Å²) >= 11 is 0. The van der Waals surface area contributed by atoms with Crippen molar-refractivity contribution in [2.45, 2.75) is 6.92 Å². The van der Waals surface area contributed by atoms with Gasteiger partial charge in [0.15, 0.2) is 0 Å². The van der Waals surface area contributed by atoms with E-state index >= 15 is 0 Å². The number of fused-ring (bicyclic) bond motifs is 8. The van der Waals surface area contributed by atoms with Crippen LogP contribution in [0.15, 0.2) is 82.4 Å². The smallest absolute Gasteiger partial charge is 0.258 e. The lowest BCUT2D eigenvalue weighted by Crippen LogP contribution is -2.46. The van der Waals surface area contributed by atoms with Crippen LogP contribution >= 0.6 is 0 Å². The average molecular weight is 358 g/mol. The summed E-state index contributed by atoms with van der Waals surface area (Å²) in [6.45, 7) is 2.00. The summed E-state index contributed by atoms with van der Waals surface area (Å²) in [5, 5.41) is 3.47. The number of para-hydroxylation sites is 1. The Labute approximate surface area is 163 Å². The number of allylic oxidation sites excluding steroid dienone is 3. The molecular formula is C25H15BO2. The predicted octanol–water partition coefficient (Wildman–Crippen LogP) is 4.43. The lowest BCUT2D eigenvalue weighted by Gasteiger charge is -2.26. The SMILES string of the molecule is C#CC1=C2B(c3cc4ccccc4cc3O/C2=C/C)c2c1oc1ccccc21. The standard InChI is InChI=1S/C25H15BO2/c1-3-17-23-20(4-2)27-22-14-16-10-6-5-9-15(16)13-19(22)26(23)24-18-11-7-8-12-21(18)28-25(17)24/h1,4-14H,2H3/b20-4+. The zero-order chi connectivity index (χ0) is 18.8. The molecule has 3 heteroatoms. The number of hydrogen-bond donors (Lipinski definition) is 0. The van der Waals surface area contributed by atoms with Crippen LogP contribution in [0.3, 0.4) is 0 Å². The Kier molecular flexibility index (Phi) is 3.00. The molecule has 0 bridgehead atoms. The van der Waals surface area contributed by atoms with Crippen LogP contribution in [-0.4, -0.2) is 6.71 Å². The monoisotopic (exact) mass is 358 g/mol. The predicted molar refractivity (Wildman–Crippen MR) is 115 cm³/mol. The third-order valence-corrected chi connectivity index (χ3v) is 5.79. The summed E-state index contributed by atoms with van der Waals surface area (Å²) in [4.78, 5) is 0. The van der Waals surface area contributed by atoms with Gasteiger partial charge >= 0.3 is 0 Å². The Morgan fingerprint density at radius 3 is 2.54 bits per heavy atom. The Balaban J connectivity index is 1.75. The second-order valence-corrected chi connectivity index (χ2v) is 7.20. The van der Waals surface area contributed by atoms with Crippen LogP contribution in [0.4, 0.5) is 0 Å². The van der Waals surface area contributed by atoms with Crippen molar-refractivity contribution in [3.8, 4) is 18.1 Å². The quantitative estimate of drug-likeness (QED) is 0.343. The van der Waals surface area contributed by atoms with E-state index in [0.717, 1.165) is 55.6 Å². The Morgan fingerprint density at radius 2 is 1.75 bits per heavy atom. The Hall–Kier alpha value is -3.64. The van der Waals surface area contributed by atoms with Gasteiger partial charge in [-0.3, -0.25) is 0 Å². The number of hydrogen-bond acceptors (Lipinski definition) is 2. The highest BCUT2D eigenvalue weighted by atomic mass is 16.5. The molecule has 1 aromatic heterocycles. The van der Waals surface area contributed by atoms with Crippen molar-refractivity contribution < 1.29 is 9.15 Å². The van der Waals surface area contributed by atoms with Crippen LogP contribution in [-0.2, 0) is 0 Å². The van der Waals surface area contributed by atoms with Gasteiger partial charge in [-0.2, -0.15) is 0 Å². The minimum atomic E-state index is 0.0178. The second kappa shape index (κ2) is 5.44. The van der Waals surface area contributed by atoms with Crippen molar-refractivity contribution in [3.63, 3.8) is 0 Å². The molecule has 2 aliphatic heterocycles. The summed E-state index contributed by atoms with van der Waals surface area (Å²) in [5.74, 6) is 5.38. The van der Waals surface area contributed by atoms with Crippen LogP contribution in [0.1, 0.15) is 12.7 Å². The molecule has 0 saturated heterocycles. The van der Waals surface area contributed by atoms with Crippen LogP contribution < -0.4 is 15.7 Å². The number of terminal acetylenes is 1. The maximum absolute atomic E-state index is 6.31. The summed E-state index contributed by atoms with van der Waals surface area (Å²) < 4.78 is 12.5. The van der Waals surface area contributed by atoms with Gasteiger partial charge in [-0.15, -0.1) is 6.42 Å². The van der Waals surface area contributed by atoms with Crippen molar-refractivity contribution in [1.29, 1.82) is 0 Å². The second-order valence-electron chi connectivity index (χ2n) is 7.20. The molecule has 28 heavy (non-hydrogen) atoms. The highest BCUT2D eigenvalue weighted by Gasteiger charge is 2.45. The molecule has 0 unspecified atom stereocenters. The normalized spacial score (nSPS) is 16.1. The van der Waals surface area contributed by atoms with E-state index in [4.69, 9.17) is 15.6 Å². The molecule has 0 amide bonds. The summed E-state index contributed by atoms with van der Waals surface area (Å²) in [5.41, 5.74) is 4.99. The number of rotatable bonds is 0. The van der Waals surface area contributed by atoms with Crippen LogP contribution in [0, 0.1) is 12.3 Å². The van der Waals surface area contributed by atoms with Crippen molar-refractivity contribution in [2.24, 2.45) is 0 Å². The highest BCUT2D eigenvalue weighted by molar-refractivity contribution is 6.97. The van der Waals surface area contributed by atoms with Gasteiger partial charge in [0.05, 0.1) is 5.57 Å². The first-order valence-electron chi connectivity index (χ1n) is 9.40.